The molecule has 0 aliphatic carbocycles. The van der Waals surface area contributed by atoms with Gasteiger partial charge in [-0.2, -0.15) is 5.10 Å². The van der Waals surface area contributed by atoms with Crippen molar-refractivity contribution in [3.8, 4) is 0 Å². The highest BCUT2D eigenvalue weighted by atomic mass is 35.5. The maximum Gasteiger partial charge on any atom is 0.224 e. The molecule has 0 saturated heterocycles. The van der Waals surface area contributed by atoms with Crippen LogP contribution in [0, 0.1) is 0 Å². The van der Waals surface area contributed by atoms with Crippen molar-refractivity contribution in [1.29, 1.82) is 0 Å². The number of anilines is 2. The van der Waals surface area contributed by atoms with Crippen molar-refractivity contribution in [2.24, 2.45) is 0 Å². The van der Waals surface area contributed by atoms with Crippen LogP contribution < -0.4 is 5.32 Å². The first-order valence-corrected chi connectivity index (χ1v) is 5.93. The maximum absolute atomic E-state index is 5.84. The summed E-state index contributed by atoms with van der Waals surface area (Å²) < 4.78 is 0. The van der Waals surface area contributed by atoms with Crippen LogP contribution in [0.25, 0.3) is 0 Å². The van der Waals surface area contributed by atoms with Gasteiger partial charge in [0.2, 0.25) is 5.28 Å². The third kappa shape index (κ3) is 2.94. The third-order valence-electron chi connectivity index (χ3n) is 2.38. The molecule has 0 saturated carbocycles. The largest absolute Gasteiger partial charge is 0.323 e. The summed E-state index contributed by atoms with van der Waals surface area (Å²) in [7, 11) is 0. The topological polar surface area (TPSA) is 66.5 Å². The lowest BCUT2D eigenvalue weighted by Gasteiger charge is -2.03. The molecule has 2 aromatic heterocycles. The number of hydrogen-bond donors (Lipinski definition) is 2. The van der Waals surface area contributed by atoms with Gasteiger partial charge in [-0.15, -0.1) is 0 Å². The summed E-state index contributed by atoms with van der Waals surface area (Å²) in [6.45, 7) is 4.08. The number of halogens is 1. The highest BCUT2D eigenvalue weighted by Crippen LogP contribution is 2.16. The lowest BCUT2D eigenvalue weighted by atomic mass is 10.3. The Bertz CT molecular complexity index is 508. The number of aromatic amines is 1. The molecule has 0 amide bonds. The number of nitrogens with zero attached hydrogens (tertiary/aromatic N) is 3. The van der Waals surface area contributed by atoms with Gasteiger partial charge in [0.15, 0.2) is 5.82 Å². The summed E-state index contributed by atoms with van der Waals surface area (Å²) in [6.07, 6.45) is 1.73. The van der Waals surface area contributed by atoms with E-state index in [0.29, 0.717) is 5.82 Å². The van der Waals surface area contributed by atoms with Crippen molar-refractivity contribution in [1.82, 2.24) is 20.2 Å². The molecule has 5 nitrogen and oxygen atoms in total. The van der Waals surface area contributed by atoms with Crippen LogP contribution >= 0.6 is 11.6 Å². The van der Waals surface area contributed by atoms with Crippen molar-refractivity contribution in [3.05, 3.63) is 28.8 Å². The second-order valence-corrected chi connectivity index (χ2v) is 3.96. The van der Waals surface area contributed by atoms with E-state index < -0.39 is 0 Å². The summed E-state index contributed by atoms with van der Waals surface area (Å²) in [4.78, 5) is 8.20. The van der Waals surface area contributed by atoms with Gasteiger partial charge < -0.3 is 5.32 Å². The van der Waals surface area contributed by atoms with Crippen LogP contribution in [-0.2, 0) is 12.8 Å². The number of nitrogens with one attached hydrogen (secondary N) is 2. The second-order valence-electron chi connectivity index (χ2n) is 3.62. The molecule has 0 fully saturated rings. The van der Waals surface area contributed by atoms with Gasteiger partial charge in [0, 0.05) is 23.5 Å². The Kier molecular flexibility index (Phi) is 3.58. The molecule has 2 heterocycles. The van der Waals surface area contributed by atoms with E-state index in [2.05, 4.69) is 32.4 Å². The van der Waals surface area contributed by atoms with Crippen LogP contribution in [0.5, 0.6) is 0 Å². The summed E-state index contributed by atoms with van der Waals surface area (Å²) in [5.41, 5.74) is 1.97. The molecule has 6 heteroatoms. The normalized spacial score (nSPS) is 10.5. The first-order chi connectivity index (χ1) is 8.21. The zero-order valence-electron chi connectivity index (χ0n) is 9.79. The maximum atomic E-state index is 5.84. The first kappa shape index (κ1) is 11.9. The van der Waals surface area contributed by atoms with Crippen LogP contribution in [0.15, 0.2) is 12.1 Å². The summed E-state index contributed by atoms with van der Waals surface area (Å²) in [5, 5.41) is 10.4. The molecule has 0 aliphatic heterocycles. The molecule has 2 aromatic rings. The molecule has 2 rings (SSSR count). The molecular weight excluding hydrogens is 238 g/mol. The molecule has 0 radical (unpaired) electrons. The fourth-order valence-corrected chi connectivity index (χ4v) is 1.65. The van der Waals surface area contributed by atoms with Gasteiger partial charge in [0.1, 0.15) is 5.82 Å². The highest BCUT2D eigenvalue weighted by molar-refractivity contribution is 6.28. The number of H-pyrrole nitrogens is 1. The Morgan fingerprint density at radius 1 is 1.18 bits per heavy atom. The average molecular weight is 252 g/mol. The highest BCUT2D eigenvalue weighted by Gasteiger charge is 2.04. The standard InChI is InChI=1S/C11H14ClN5/c1-3-7-5-9(15-11(12)13-7)14-10-6-8(4-2)16-17-10/h5-6H,3-4H2,1-2H3,(H2,13,14,15,16,17). The molecular formula is C11H14ClN5. The summed E-state index contributed by atoms with van der Waals surface area (Å²) in [6, 6.07) is 3.81. The SMILES string of the molecule is CCc1cc(Nc2cc(CC)[nH]n2)nc(Cl)n1. The number of aryl methyl sites for hydroxylation is 2. The quantitative estimate of drug-likeness (QED) is 0.820. The van der Waals surface area contributed by atoms with E-state index in [1.165, 1.54) is 0 Å². The van der Waals surface area contributed by atoms with Crippen LogP contribution in [0.1, 0.15) is 25.2 Å². The summed E-state index contributed by atoms with van der Waals surface area (Å²) in [5.74, 6) is 1.40. The lowest BCUT2D eigenvalue weighted by Crippen LogP contribution is -1.98. The van der Waals surface area contributed by atoms with Gasteiger partial charge in [0.25, 0.3) is 0 Å². The van der Waals surface area contributed by atoms with Crippen molar-refractivity contribution >= 4 is 23.2 Å². The third-order valence-corrected chi connectivity index (χ3v) is 2.55. The fraction of sp³-hybridized carbons (Fsp3) is 0.364. The molecule has 0 spiro atoms. The average Bonchev–Trinajstić information content (AvgIpc) is 2.76. The second kappa shape index (κ2) is 5.14. The van der Waals surface area contributed by atoms with Crippen molar-refractivity contribution in [2.45, 2.75) is 26.7 Å². The monoisotopic (exact) mass is 251 g/mol. The molecule has 17 heavy (non-hydrogen) atoms. The molecule has 0 atom stereocenters. The Balaban J connectivity index is 2.20. The zero-order chi connectivity index (χ0) is 12.3. The van der Waals surface area contributed by atoms with E-state index in [4.69, 9.17) is 11.6 Å². The van der Waals surface area contributed by atoms with E-state index >= 15 is 0 Å². The molecule has 0 unspecified atom stereocenters. The van der Waals surface area contributed by atoms with Crippen molar-refractivity contribution in [3.63, 3.8) is 0 Å². The smallest absolute Gasteiger partial charge is 0.224 e. The Morgan fingerprint density at radius 3 is 2.65 bits per heavy atom. The van der Waals surface area contributed by atoms with Gasteiger partial charge in [0.05, 0.1) is 0 Å². The number of rotatable bonds is 4. The Morgan fingerprint density at radius 2 is 2.00 bits per heavy atom. The fourth-order valence-electron chi connectivity index (χ4n) is 1.45. The van der Waals surface area contributed by atoms with Gasteiger partial charge in [-0.05, 0) is 24.4 Å². The van der Waals surface area contributed by atoms with Gasteiger partial charge in [-0.1, -0.05) is 13.8 Å². The van der Waals surface area contributed by atoms with Gasteiger partial charge in [-0.25, -0.2) is 9.97 Å². The lowest BCUT2D eigenvalue weighted by molar-refractivity contribution is 0.973. The minimum atomic E-state index is 0.248. The molecule has 90 valence electrons. The van der Waals surface area contributed by atoms with Crippen molar-refractivity contribution in [2.75, 3.05) is 5.32 Å². The molecule has 2 N–H and O–H groups in total. The van der Waals surface area contributed by atoms with E-state index in [9.17, 15) is 0 Å². The van der Waals surface area contributed by atoms with E-state index in [0.717, 1.165) is 30.0 Å². The van der Waals surface area contributed by atoms with Gasteiger partial charge >= 0.3 is 0 Å². The van der Waals surface area contributed by atoms with Crippen LogP contribution in [0.4, 0.5) is 11.6 Å². The van der Waals surface area contributed by atoms with Gasteiger partial charge in [-0.3, -0.25) is 5.10 Å². The summed E-state index contributed by atoms with van der Waals surface area (Å²) >= 11 is 5.84. The van der Waals surface area contributed by atoms with Crippen LogP contribution in [0.3, 0.4) is 0 Å². The van der Waals surface area contributed by atoms with Crippen LogP contribution in [-0.4, -0.2) is 20.2 Å². The van der Waals surface area contributed by atoms with E-state index in [-0.39, 0.29) is 5.28 Å². The minimum Gasteiger partial charge on any atom is -0.323 e. The first-order valence-electron chi connectivity index (χ1n) is 5.56. The van der Waals surface area contributed by atoms with Crippen LogP contribution in [0.2, 0.25) is 5.28 Å². The van der Waals surface area contributed by atoms with E-state index in [1.54, 1.807) is 0 Å². The number of hydrogen-bond acceptors (Lipinski definition) is 4. The predicted octanol–water partition coefficient (Wildman–Crippen LogP) is 2.72. The van der Waals surface area contributed by atoms with Crippen molar-refractivity contribution < 1.29 is 0 Å². The molecule has 0 aliphatic rings. The van der Waals surface area contributed by atoms with E-state index in [1.807, 2.05) is 19.1 Å². The molecule has 0 bridgehead atoms. The number of aromatic nitrogens is 4. The Labute approximate surface area is 105 Å². The predicted molar refractivity (Wildman–Crippen MR) is 67.7 cm³/mol. The Hall–Kier alpha value is -1.62. The zero-order valence-corrected chi connectivity index (χ0v) is 10.5. The molecule has 0 aromatic carbocycles. The minimum absolute atomic E-state index is 0.248.